The van der Waals surface area contributed by atoms with Crippen LogP contribution in [0.3, 0.4) is 0 Å². The molecule has 9 heteroatoms. The molecule has 1 heterocycles. The molecule has 0 radical (unpaired) electrons. The highest BCUT2D eigenvalue weighted by atomic mass is 32.3. The predicted molar refractivity (Wildman–Crippen MR) is 83.6 cm³/mol. The van der Waals surface area contributed by atoms with Crippen LogP contribution in [0.1, 0.15) is 10.8 Å². The molecule has 0 saturated carbocycles. The van der Waals surface area contributed by atoms with Gasteiger partial charge in [0.2, 0.25) is 0 Å². The van der Waals surface area contributed by atoms with Gasteiger partial charge in [-0.25, -0.2) is 8.42 Å². The minimum atomic E-state index is -3.93. The number of rotatable bonds is 3. The second-order valence-corrected chi connectivity index (χ2v) is 9.32. The van der Waals surface area contributed by atoms with Crippen LogP contribution >= 0.6 is 10.6 Å². The summed E-state index contributed by atoms with van der Waals surface area (Å²) in [5.41, 5.74) is -0.287. The Balaban J connectivity index is 2.18. The smallest absolute Gasteiger partial charge is 0.269 e. The summed E-state index contributed by atoms with van der Waals surface area (Å²) in [6.07, 6.45) is 0. The van der Waals surface area contributed by atoms with Crippen molar-refractivity contribution in [3.63, 3.8) is 0 Å². The van der Waals surface area contributed by atoms with Crippen molar-refractivity contribution in [2.45, 2.75) is 15.0 Å². The van der Waals surface area contributed by atoms with Crippen LogP contribution in [0.2, 0.25) is 0 Å². The fraction of sp³-hybridized carbons (Fsp3) is 0.143. The fourth-order valence-corrected chi connectivity index (χ4v) is 6.97. The van der Waals surface area contributed by atoms with Gasteiger partial charge in [-0.1, -0.05) is 18.2 Å². The Labute approximate surface area is 134 Å². The molecule has 2 aromatic rings. The number of non-ortho nitro benzene ring substituents is 1. The average Bonchev–Trinajstić information content (AvgIpc) is 2.80. The molecule has 2 unspecified atom stereocenters. The predicted octanol–water partition coefficient (Wildman–Crippen LogP) is 2.89. The van der Waals surface area contributed by atoms with Gasteiger partial charge in [-0.3, -0.25) is 10.1 Å². The van der Waals surface area contributed by atoms with Gasteiger partial charge in [-0.05, 0) is 23.8 Å². The lowest BCUT2D eigenvalue weighted by atomic mass is 10.1. The van der Waals surface area contributed by atoms with E-state index < -0.39 is 36.4 Å². The van der Waals surface area contributed by atoms with Crippen molar-refractivity contribution in [1.29, 1.82) is 0 Å². The van der Waals surface area contributed by atoms with E-state index in [-0.39, 0.29) is 21.0 Å². The number of hydrogen-bond acceptors (Lipinski definition) is 6. The lowest BCUT2D eigenvalue weighted by molar-refractivity contribution is -0.385. The Morgan fingerprint density at radius 1 is 1.17 bits per heavy atom. The van der Waals surface area contributed by atoms with Crippen LogP contribution in [0, 0.1) is 10.1 Å². The number of fused-ring (bicyclic) bond motifs is 1. The monoisotopic (exact) mass is 354 g/mol. The zero-order valence-electron chi connectivity index (χ0n) is 11.7. The van der Waals surface area contributed by atoms with E-state index in [2.05, 4.69) is 0 Å². The minimum Gasteiger partial charge on any atom is -0.764 e. The van der Waals surface area contributed by atoms with Crippen LogP contribution in [0.4, 0.5) is 5.69 Å². The van der Waals surface area contributed by atoms with Crippen molar-refractivity contribution >= 4 is 26.1 Å². The molecular formula is C14H12NO6S2-. The first-order valence-electron chi connectivity index (χ1n) is 6.55. The van der Waals surface area contributed by atoms with Gasteiger partial charge in [-0.15, -0.1) is 0 Å². The van der Waals surface area contributed by atoms with Crippen molar-refractivity contribution < 1.29 is 22.4 Å². The minimum absolute atomic E-state index is 0.0135. The fourth-order valence-electron chi connectivity index (χ4n) is 2.61. The van der Waals surface area contributed by atoms with E-state index in [4.69, 9.17) is 0 Å². The van der Waals surface area contributed by atoms with E-state index in [9.17, 15) is 27.6 Å². The Bertz CT molecular complexity index is 879. The van der Waals surface area contributed by atoms with Gasteiger partial charge in [-0.2, -0.15) is 0 Å². The number of sulfone groups is 1. The third-order valence-electron chi connectivity index (χ3n) is 3.72. The highest BCUT2D eigenvalue weighted by molar-refractivity contribution is 8.25. The van der Waals surface area contributed by atoms with Crippen LogP contribution < -0.4 is 0 Å². The molecule has 0 fully saturated rings. The molecule has 0 spiro atoms. The van der Waals surface area contributed by atoms with Crippen molar-refractivity contribution in [3.8, 4) is 0 Å². The second kappa shape index (κ2) is 5.31. The van der Waals surface area contributed by atoms with Gasteiger partial charge < -0.3 is 19.7 Å². The van der Waals surface area contributed by atoms with Crippen molar-refractivity contribution in [2.24, 2.45) is 0 Å². The Morgan fingerprint density at radius 3 is 2.43 bits per heavy atom. The molecular weight excluding hydrogens is 342 g/mol. The third-order valence-corrected chi connectivity index (χ3v) is 7.87. The molecule has 1 aliphatic rings. The standard InChI is InChI=1S/C14H13NO6S2/c16-15(17)10-6-7-13-12(8-10)14(9-22(13,18)19)23(20,21)11-4-2-1-3-5-11/h1-8,14,18-19H,9H2/p-1. The summed E-state index contributed by atoms with van der Waals surface area (Å²) in [6, 6.07) is 10.9. The molecule has 7 nitrogen and oxygen atoms in total. The van der Waals surface area contributed by atoms with E-state index in [1.165, 1.54) is 12.1 Å². The first kappa shape index (κ1) is 15.9. The third kappa shape index (κ3) is 2.61. The van der Waals surface area contributed by atoms with E-state index in [0.717, 1.165) is 18.2 Å². The van der Waals surface area contributed by atoms with E-state index in [1.807, 2.05) is 0 Å². The highest BCUT2D eigenvalue weighted by Crippen LogP contribution is 2.61. The first-order chi connectivity index (χ1) is 10.7. The molecule has 3 rings (SSSR count). The van der Waals surface area contributed by atoms with Gasteiger partial charge in [0.1, 0.15) is 5.25 Å². The summed E-state index contributed by atoms with van der Waals surface area (Å²) in [7, 11) is -7.47. The molecule has 1 aliphatic heterocycles. The van der Waals surface area contributed by atoms with Gasteiger partial charge in [0, 0.05) is 22.8 Å². The summed E-state index contributed by atoms with van der Waals surface area (Å²) in [4.78, 5) is 10.2. The molecule has 23 heavy (non-hydrogen) atoms. The summed E-state index contributed by atoms with van der Waals surface area (Å²) < 4.78 is 47.9. The molecule has 0 aromatic heterocycles. The van der Waals surface area contributed by atoms with Crippen LogP contribution in [-0.2, 0) is 9.84 Å². The van der Waals surface area contributed by atoms with Crippen LogP contribution in [0.15, 0.2) is 58.3 Å². The van der Waals surface area contributed by atoms with Crippen molar-refractivity contribution in [1.82, 2.24) is 0 Å². The molecule has 1 N–H and O–H groups in total. The molecule has 0 aliphatic carbocycles. The number of nitro benzene ring substituents is 1. The Hall–Kier alpha value is -1.94. The zero-order valence-corrected chi connectivity index (χ0v) is 13.3. The summed E-state index contributed by atoms with van der Waals surface area (Å²) in [5, 5.41) is 9.63. The number of nitro groups is 1. The van der Waals surface area contributed by atoms with Crippen molar-refractivity contribution in [2.75, 3.05) is 5.75 Å². The van der Waals surface area contributed by atoms with E-state index in [0.29, 0.717) is 0 Å². The van der Waals surface area contributed by atoms with Gasteiger partial charge in [0.15, 0.2) is 9.84 Å². The Morgan fingerprint density at radius 2 is 1.83 bits per heavy atom. The van der Waals surface area contributed by atoms with Crippen LogP contribution in [0.25, 0.3) is 0 Å². The van der Waals surface area contributed by atoms with Crippen LogP contribution in [0.5, 0.6) is 0 Å². The van der Waals surface area contributed by atoms with Gasteiger partial charge in [0.25, 0.3) is 5.69 Å². The largest absolute Gasteiger partial charge is 0.764 e. The molecule has 0 amide bonds. The first-order valence-corrected chi connectivity index (χ1v) is 9.78. The summed E-state index contributed by atoms with van der Waals surface area (Å²) >= 11 is 0. The number of nitrogens with zero attached hydrogens (tertiary/aromatic N) is 1. The maximum atomic E-state index is 12.8. The van der Waals surface area contributed by atoms with Gasteiger partial charge in [0.05, 0.1) is 9.82 Å². The molecule has 2 aromatic carbocycles. The highest BCUT2D eigenvalue weighted by Gasteiger charge is 2.40. The summed E-state index contributed by atoms with van der Waals surface area (Å²) in [5.74, 6) is -0.499. The number of hydrogen-bond donors (Lipinski definition) is 1. The lowest BCUT2D eigenvalue weighted by Gasteiger charge is -2.42. The zero-order chi connectivity index (χ0) is 16.8. The van der Waals surface area contributed by atoms with Crippen LogP contribution in [-0.4, -0.2) is 28.2 Å². The molecule has 122 valence electrons. The maximum Gasteiger partial charge on any atom is 0.269 e. The summed E-state index contributed by atoms with van der Waals surface area (Å²) in [6.45, 7) is 0. The normalized spacial score (nSPS) is 26.3. The Kier molecular flexibility index (Phi) is 3.68. The van der Waals surface area contributed by atoms with E-state index >= 15 is 0 Å². The molecule has 0 saturated heterocycles. The average molecular weight is 354 g/mol. The molecule has 2 atom stereocenters. The molecule has 0 bridgehead atoms. The lowest BCUT2D eigenvalue weighted by Crippen LogP contribution is -2.15. The second-order valence-electron chi connectivity index (χ2n) is 5.13. The SMILES string of the molecule is O=[N+]([O-])c1ccc2c(c1)C(S(=O)(=O)c1ccccc1)CS2([O-])O. The van der Waals surface area contributed by atoms with Crippen molar-refractivity contribution in [3.05, 3.63) is 64.2 Å². The quantitative estimate of drug-likeness (QED) is 0.668. The van der Waals surface area contributed by atoms with Gasteiger partial charge >= 0.3 is 0 Å². The topological polar surface area (TPSA) is 121 Å². The maximum absolute atomic E-state index is 12.8. The van der Waals surface area contributed by atoms with E-state index in [1.54, 1.807) is 18.2 Å². The number of benzene rings is 2.